The molecule has 3 nitrogen and oxygen atoms in total. The molecule has 0 amide bonds. The van der Waals surface area contributed by atoms with E-state index in [-0.39, 0.29) is 4.90 Å². The second-order valence-corrected chi connectivity index (χ2v) is 7.60. The molecule has 0 aliphatic rings. The average molecular weight is 307 g/mol. The first-order valence-electron chi connectivity index (χ1n) is 7.69. The average Bonchev–Trinajstić information content (AvgIpc) is 2.46. The SMILES string of the molecule is [C-]#[N+]C(CCCCCCCC)S(=O)(=O)c1ccc(C)cc1. The fourth-order valence-corrected chi connectivity index (χ4v) is 3.72. The Bertz CT molecular complexity index is 555. The normalized spacial score (nSPS) is 12.8. The molecule has 0 heterocycles. The van der Waals surface area contributed by atoms with E-state index in [4.69, 9.17) is 6.57 Å². The first kappa shape index (κ1) is 17.7. The van der Waals surface area contributed by atoms with E-state index >= 15 is 0 Å². The molecule has 0 aliphatic heterocycles. The van der Waals surface area contributed by atoms with Crippen molar-refractivity contribution in [2.24, 2.45) is 0 Å². The molecule has 1 atom stereocenters. The van der Waals surface area contributed by atoms with Crippen LogP contribution in [-0.4, -0.2) is 13.8 Å². The highest BCUT2D eigenvalue weighted by Crippen LogP contribution is 2.22. The lowest BCUT2D eigenvalue weighted by atomic mass is 10.1. The van der Waals surface area contributed by atoms with Crippen molar-refractivity contribution < 1.29 is 8.42 Å². The monoisotopic (exact) mass is 307 g/mol. The highest BCUT2D eigenvalue weighted by Gasteiger charge is 2.31. The number of unbranched alkanes of at least 4 members (excludes halogenated alkanes) is 5. The van der Waals surface area contributed by atoms with Gasteiger partial charge in [0, 0.05) is 6.42 Å². The molecular formula is C17H25NO2S. The van der Waals surface area contributed by atoms with Gasteiger partial charge in [-0.15, -0.1) is 0 Å². The van der Waals surface area contributed by atoms with Gasteiger partial charge in [0.05, 0.1) is 4.90 Å². The summed E-state index contributed by atoms with van der Waals surface area (Å²) in [6.45, 7) is 11.3. The molecule has 21 heavy (non-hydrogen) atoms. The van der Waals surface area contributed by atoms with Gasteiger partial charge in [-0.1, -0.05) is 56.7 Å². The summed E-state index contributed by atoms with van der Waals surface area (Å²) in [6.07, 6.45) is 7.01. The maximum atomic E-state index is 12.4. The smallest absolute Gasteiger partial charge is 0.296 e. The number of rotatable bonds is 9. The number of aryl methyl sites for hydroxylation is 1. The van der Waals surface area contributed by atoms with Crippen molar-refractivity contribution >= 4 is 9.84 Å². The van der Waals surface area contributed by atoms with Crippen LogP contribution in [0.3, 0.4) is 0 Å². The molecule has 0 N–H and O–H groups in total. The minimum Gasteiger partial charge on any atom is -0.296 e. The Labute approximate surface area is 129 Å². The number of hydrogen-bond donors (Lipinski definition) is 0. The molecule has 0 aliphatic carbocycles. The Morgan fingerprint density at radius 1 is 1.05 bits per heavy atom. The topological polar surface area (TPSA) is 38.5 Å². The van der Waals surface area contributed by atoms with Gasteiger partial charge in [-0.25, -0.2) is 15.0 Å². The quantitative estimate of drug-likeness (QED) is 0.487. The summed E-state index contributed by atoms with van der Waals surface area (Å²) in [5.74, 6) is 0. The Morgan fingerprint density at radius 2 is 1.62 bits per heavy atom. The Morgan fingerprint density at radius 3 is 2.19 bits per heavy atom. The fourth-order valence-electron chi connectivity index (χ4n) is 2.27. The lowest BCUT2D eigenvalue weighted by Gasteiger charge is -2.08. The zero-order valence-corrected chi connectivity index (χ0v) is 13.8. The Kier molecular flexibility index (Phi) is 7.45. The van der Waals surface area contributed by atoms with Crippen molar-refractivity contribution in [3.05, 3.63) is 41.2 Å². The maximum Gasteiger partial charge on any atom is 0.325 e. The molecule has 1 rings (SSSR count). The summed E-state index contributed by atoms with van der Waals surface area (Å²) < 4.78 is 24.9. The number of hydrogen-bond acceptors (Lipinski definition) is 2. The molecule has 0 bridgehead atoms. The van der Waals surface area contributed by atoms with Gasteiger partial charge in [-0.3, -0.25) is 4.85 Å². The Hall–Kier alpha value is -1.34. The minimum atomic E-state index is -3.52. The lowest BCUT2D eigenvalue weighted by Crippen LogP contribution is -2.17. The van der Waals surface area contributed by atoms with Crippen LogP contribution in [0.4, 0.5) is 0 Å². The molecule has 0 radical (unpaired) electrons. The highest BCUT2D eigenvalue weighted by atomic mass is 32.2. The van der Waals surface area contributed by atoms with Crippen molar-refractivity contribution in [3.8, 4) is 0 Å². The van der Waals surface area contributed by atoms with Crippen LogP contribution in [-0.2, 0) is 9.84 Å². The first-order valence-corrected chi connectivity index (χ1v) is 9.24. The Balaban J connectivity index is 2.58. The van der Waals surface area contributed by atoms with Crippen LogP contribution in [0.15, 0.2) is 29.2 Å². The van der Waals surface area contributed by atoms with Gasteiger partial charge < -0.3 is 0 Å². The molecule has 0 saturated carbocycles. The number of nitrogens with zero attached hydrogens (tertiary/aromatic N) is 1. The molecule has 1 aromatic carbocycles. The molecule has 4 heteroatoms. The van der Waals surface area contributed by atoms with Crippen molar-refractivity contribution in [1.82, 2.24) is 0 Å². The van der Waals surface area contributed by atoms with Crippen molar-refractivity contribution in [2.45, 2.75) is 69.1 Å². The summed E-state index contributed by atoms with van der Waals surface area (Å²) in [5, 5.41) is -0.939. The van der Waals surface area contributed by atoms with E-state index < -0.39 is 15.2 Å². The zero-order chi connectivity index (χ0) is 15.7. The van der Waals surface area contributed by atoms with Gasteiger partial charge in [-0.2, -0.15) is 0 Å². The van der Waals surface area contributed by atoms with Gasteiger partial charge >= 0.3 is 5.37 Å². The lowest BCUT2D eigenvalue weighted by molar-refractivity contribution is 0.563. The van der Waals surface area contributed by atoms with E-state index in [0.29, 0.717) is 6.42 Å². The molecule has 0 saturated heterocycles. The van der Waals surface area contributed by atoms with E-state index in [2.05, 4.69) is 11.8 Å². The van der Waals surface area contributed by atoms with Gasteiger partial charge in [0.25, 0.3) is 9.84 Å². The minimum absolute atomic E-state index is 0.264. The second kappa shape index (κ2) is 8.84. The molecular weight excluding hydrogens is 282 g/mol. The van der Waals surface area contributed by atoms with Crippen LogP contribution in [0.25, 0.3) is 4.85 Å². The summed E-state index contributed by atoms with van der Waals surface area (Å²) in [7, 11) is -3.52. The molecule has 0 aromatic heterocycles. The first-order chi connectivity index (χ1) is 10.0. The van der Waals surface area contributed by atoms with Crippen LogP contribution < -0.4 is 0 Å². The van der Waals surface area contributed by atoms with E-state index in [1.807, 2.05) is 6.92 Å². The third kappa shape index (κ3) is 5.51. The van der Waals surface area contributed by atoms with Crippen LogP contribution in [0.1, 0.15) is 57.4 Å². The van der Waals surface area contributed by atoms with Crippen molar-refractivity contribution in [1.29, 1.82) is 0 Å². The predicted molar refractivity (Wildman–Crippen MR) is 86.7 cm³/mol. The second-order valence-electron chi connectivity index (χ2n) is 5.50. The van der Waals surface area contributed by atoms with E-state index in [0.717, 1.165) is 24.8 Å². The van der Waals surface area contributed by atoms with Crippen LogP contribution in [0.2, 0.25) is 0 Å². The largest absolute Gasteiger partial charge is 0.325 e. The molecule has 0 fully saturated rings. The maximum absolute atomic E-state index is 12.4. The number of benzene rings is 1. The zero-order valence-electron chi connectivity index (χ0n) is 13.0. The standard InChI is InChI=1S/C17H25NO2S/c1-4-5-6-7-8-9-10-17(18-3)21(19,20)16-13-11-15(2)12-14-16/h11-14,17H,4-10H2,1-2H3. The molecule has 1 aromatic rings. The van der Waals surface area contributed by atoms with E-state index in [1.165, 1.54) is 19.3 Å². The van der Waals surface area contributed by atoms with Gasteiger partial charge in [0.15, 0.2) is 0 Å². The fraction of sp³-hybridized carbons (Fsp3) is 0.588. The third-order valence-corrected chi connectivity index (χ3v) is 5.64. The summed E-state index contributed by atoms with van der Waals surface area (Å²) in [6, 6.07) is 6.76. The predicted octanol–water partition coefficient (Wildman–Crippen LogP) is 4.76. The van der Waals surface area contributed by atoms with E-state index in [9.17, 15) is 8.42 Å². The van der Waals surface area contributed by atoms with Gasteiger partial charge in [0.2, 0.25) is 0 Å². The van der Waals surface area contributed by atoms with Crippen LogP contribution in [0, 0.1) is 13.5 Å². The van der Waals surface area contributed by atoms with Crippen LogP contribution in [0.5, 0.6) is 0 Å². The summed E-state index contributed by atoms with van der Waals surface area (Å²) in [5.41, 5.74) is 1.02. The molecule has 116 valence electrons. The van der Waals surface area contributed by atoms with Crippen molar-refractivity contribution in [3.63, 3.8) is 0 Å². The highest BCUT2D eigenvalue weighted by molar-refractivity contribution is 7.92. The molecule has 0 spiro atoms. The van der Waals surface area contributed by atoms with Gasteiger partial charge in [-0.05, 0) is 25.5 Å². The van der Waals surface area contributed by atoms with Crippen LogP contribution >= 0.6 is 0 Å². The van der Waals surface area contributed by atoms with E-state index in [1.54, 1.807) is 24.3 Å². The molecule has 1 unspecified atom stereocenters. The third-order valence-electron chi connectivity index (χ3n) is 3.66. The summed E-state index contributed by atoms with van der Waals surface area (Å²) >= 11 is 0. The van der Waals surface area contributed by atoms with Gasteiger partial charge in [0.1, 0.15) is 0 Å². The summed E-state index contributed by atoms with van der Waals surface area (Å²) in [4.78, 5) is 3.62. The number of sulfone groups is 1. The van der Waals surface area contributed by atoms with Crippen molar-refractivity contribution in [2.75, 3.05) is 0 Å².